The highest BCUT2D eigenvalue weighted by molar-refractivity contribution is 6.46. The van der Waals surface area contributed by atoms with Crippen LogP contribution in [0.4, 0.5) is 0 Å². The van der Waals surface area contributed by atoms with E-state index in [0.29, 0.717) is 18.8 Å². The van der Waals surface area contributed by atoms with Crippen LogP contribution >= 0.6 is 0 Å². The molecule has 2 aromatic carbocycles. The molecule has 33 heavy (non-hydrogen) atoms. The number of ketones is 1. The largest absolute Gasteiger partial charge is 0.507 e. The zero-order valence-corrected chi connectivity index (χ0v) is 19.9. The summed E-state index contributed by atoms with van der Waals surface area (Å²) in [4.78, 5) is 27.4. The Kier molecular flexibility index (Phi) is 8.28. The zero-order chi connectivity index (χ0) is 24.0. The summed E-state index contributed by atoms with van der Waals surface area (Å²) in [6.07, 6.45) is 2.89. The monoisotopic (exact) mass is 451 g/mol. The average molecular weight is 452 g/mol. The first-order valence-electron chi connectivity index (χ1n) is 11.5. The third-order valence-corrected chi connectivity index (χ3v) is 5.98. The number of Topliss-reactive ketones (excluding diaryl/α,β-unsaturated/α-hetero) is 1. The number of hydrogen-bond acceptors (Lipinski definition) is 5. The van der Waals surface area contributed by atoms with E-state index in [1.165, 1.54) is 4.90 Å². The number of rotatable bonds is 10. The quantitative estimate of drug-likeness (QED) is 0.243. The Bertz CT molecular complexity index is 1030. The fourth-order valence-electron chi connectivity index (χ4n) is 4.02. The first-order chi connectivity index (χ1) is 15.9. The highest BCUT2D eigenvalue weighted by atomic mass is 16.5. The normalized spacial score (nSPS) is 17.6. The lowest BCUT2D eigenvalue weighted by Crippen LogP contribution is -2.32. The molecule has 0 bridgehead atoms. The molecular formula is C27H33NO5. The van der Waals surface area contributed by atoms with Crippen molar-refractivity contribution in [3.63, 3.8) is 0 Å². The summed E-state index contributed by atoms with van der Waals surface area (Å²) in [5.41, 5.74) is 3.37. The number of carbonyl (C=O) groups is 2. The number of carbonyl (C=O) groups excluding carboxylic acids is 2. The van der Waals surface area contributed by atoms with Gasteiger partial charge < -0.3 is 19.5 Å². The Hall–Kier alpha value is -3.12. The highest BCUT2D eigenvalue weighted by Crippen LogP contribution is 2.39. The van der Waals surface area contributed by atoms with Crippen LogP contribution in [0.3, 0.4) is 0 Å². The molecule has 0 radical (unpaired) electrons. The molecule has 0 aromatic heterocycles. The SMILES string of the molecule is CCCCOc1ccc(/C(O)=C2\C(=O)C(=O)N(CCOC)[C@H]2c2ccc(CC)cc2)cc1C. The number of hydrogen-bond donors (Lipinski definition) is 1. The van der Waals surface area contributed by atoms with Crippen molar-refractivity contribution in [2.75, 3.05) is 26.9 Å². The molecule has 1 aliphatic heterocycles. The lowest BCUT2D eigenvalue weighted by atomic mass is 9.94. The highest BCUT2D eigenvalue weighted by Gasteiger charge is 2.45. The van der Waals surface area contributed by atoms with Crippen molar-refractivity contribution < 1.29 is 24.2 Å². The Balaban J connectivity index is 2.04. The third-order valence-electron chi connectivity index (χ3n) is 5.98. The number of methoxy groups -OCH3 is 1. The number of benzene rings is 2. The Morgan fingerprint density at radius 2 is 1.79 bits per heavy atom. The van der Waals surface area contributed by atoms with Gasteiger partial charge in [-0.15, -0.1) is 0 Å². The molecule has 1 atom stereocenters. The van der Waals surface area contributed by atoms with E-state index in [0.717, 1.165) is 41.7 Å². The maximum Gasteiger partial charge on any atom is 0.295 e. The minimum Gasteiger partial charge on any atom is -0.507 e. The van der Waals surface area contributed by atoms with Crippen molar-refractivity contribution in [1.82, 2.24) is 4.90 Å². The summed E-state index contributed by atoms with van der Waals surface area (Å²) in [6.45, 7) is 7.24. The maximum atomic E-state index is 13.1. The van der Waals surface area contributed by atoms with Gasteiger partial charge in [-0.25, -0.2) is 0 Å². The van der Waals surface area contributed by atoms with E-state index in [9.17, 15) is 14.7 Å². The number of aryl methyl sites for hydroxylation is 2. The van der Waals surface area contributed by atoms with Gasteiger partial charge in [-0.2, -0.15) is 0 Å². The van der Waals surface area contributed by atoms with Crippen LogP contribution in [0.5, 0.6) is 5.75 Å². The van der Waals surface area contributed by atoms with Crippen LogP contribution in [-0.4, -0.2) is 48.6 Å². The second-order valence-electron chi connectivity index (χ2n) is 8.26. The fraction of sp³-hybridized carbons (Fsp3) is 0.407. The molecular weight excluding hydrogens is 418 g/mol. The van der Waals surface area contributed by atoms with Gasteiger partial charge in [-0.1, -0.05) is 44.5 Å². The van der Waals surface area contributed by atoms with E-state index in [1.807, 2.05) is 31.2 Å². The van der Waals surface area contributed by atoms with Gasteiger partial charge in [0.2, 0.25) is 0 Å². The molecule has 176 valence electrons. The number of aliphatic hydroxyl groups is 1. The molecule has 0 aliphatic carbocycles. The van der Waals surface area contributed by atoms with Crippen LogP contribution < -0.4 is 4.74 Å². The van der Waals surface area contributed by atoms with Crippen molar-refractivity contribution in [2.24, 2.45) is 0 Å². The summed E-state index contributed by atoms with van der Waals surface area (Å²) in [5.74, 6) is -0.753. The Morgan fingerprint density at radius 3 is 2.39 bits per heavy atom. The van der Waals surface area contributed by atoms with Crippen molar-refractivity contribution in [2.45, 2.75) is 46.1 Å². The van der Waals surface area contributed by atoms with Gasteiger partial charge >= 0.3 is 0 Å². The summed E-state index contributed by atoms with van der Waals surface area (Å²) in [5, 5.41) is 11.2. The molecule has 1 heterocycles. The second kappa shape index (κ2) is 11.1. The van der Waals surface area contributed by atoms with Crippen molar-refractivity contribution in [1.29, 1.82) is 0 Å². The van der Waals surface area contributed by atoms with Crippen LogP contribution in [0.2, 0.25) is 0 Å². The predicted molar refractivity (Wildman–Crippen MR) is 128 cm³/mol. The average Bonchev–Trinajstić information content (AvgIpc) is 3.08. The summed E-state index contributed by atoms with van der Waals surface area (Å²) >= 11 is 0. The first kappa shape index (κ1) is 24.5. The molecule has 1 fully saturated rings. The number of likely N-dealkylation sites (tertiary alicyclic amines) is 1. The van der Waals surface area contributed by atoms with Gasteiger partial charge in [0.15, 0.2) is 0 Å². The zero-order valence-electron chi connectivity index (χ0n) is 19.9. The van der Waals surface area contributed by atoms with Gasteiger partial charge in [0, 0.05) is 19.2 Å². The van der Waals surface area contributed by atoms with Gasteiger partial charge in [-0.05, 0) is 54.7 Å². The number of unbranched alkanes of at least 4 members (excludes halogenated alkanes) is 1. The molecule has 3 rings (SSSR count). The molecule has 1 saturated heterocycles. The summed E-state index contributed by atoms with van der Waals surface area (Å²) in [7, 11) is 1.55. The standard InChI is InChI=1S/C27H33NO5/c1-5-7-15-33-22-13-12-21(17-18(22)3)25(29)23-24(20-10-8-19(6-2)9-11-20)28(14-16-32-4)27(31)26(23)30/h8-13,17,24,29H,5-7,14-16H2,1-4H3/b25-23+/t24-/m0/s1. The van der Waals surface area contributed by atoms with Crippen LogP contribution in [0.15, 0.2) is 48.0 Å². The molecule has 1 aliphatic rings. The smallest absolute Gasteiger partial charge is 0.295 e. The van der Waals surface area contributed by atoms with Gasteiger partial charge in [0.1, 0.15) is 11.5 Å². The minimum absolute atomic E-state index is 0.0967. The lowest BCUT2D eigenvalue weighted by Gasteiger charge is -2.25. The third kappa shape index (κ3) is 5.28. The molecule has 2 aromatic rings. The first-order valence-corrected chi connectivity index (χ1v) is 11.5. The van der Waals surface area contributed by atoms with Crippen LogP contribution in [0.25, 0.3) is 5.76 Å². The van der Waals surface area contributed by atoms with Crippen molar-refractivity contribution in [3.8, 4) is 5.75 Å². The van der Waals surface area contributed by atoms with E-state index < -0.39 is 17.7 Å². The minimum atomic E-state index is -0.686. The Morgan fingerprint density at radius 1 is 1.06 bits per heavy atom. The van der Waals surface area contributed by atoms with E-state index in [1.54, 1.807) is 25.3 Å². The molecule has 1 N–H and O–H groups in total. The molecule has 6 nitrogen and oxygen atoms in total. The lowest BCUT2D eigenvalue weighted by molar-refractivity contribution is -0.140. The van der Waals surface area contributed by atoms with Crippen LogP contribution in [-0.2, 0) is 20.7 Å². The fourth-order valence-corrected chi connectivity index (χ4v) is 4.02. The van der Waals surface area contributed by atoms with E-state index >= 15 is 0 Å². The number of nitrogens with zero attached hydrogens (tertiary/aromatic N) is 1. The molecule has 1 amide bonds. The van der Waals surface area contributed by atoms with Gasteiger partial charge in [0.05, 0.1) is 24.8 Å². The van der Waals surface area contributed by atoms with Gasteiger partial charge in [0.25, 0.3) is 11.7 Å². The number of aliphatic hydroxyl groups excluding tert-OH is 1. The van der Waals surface area contributed by atoms with Crippen LogP contribution in [0.1, 0.15) is 55.0 Å². The molecule has 6 heteroatoms. The summed E-state index contributed by atoms with van der Waals surface area (Å²) < 4.78 is 11.0. The van der Waals surface area contributed by atoms with Crippen molar-refractivity contribution >= 4 is 17.4 Å². The molecule has 0 saturated carbocycles. The van der Waals surface area contributed by atoms with E-state index in [4.69, 9.17) is 9.47 Å². The van der Waals surface area contributed by atoms with E-state index in [2.05, 4.69) is 13.8 Å². The number of ether oxygens (including phenoxy) is 2. The Labute approximate surface area is 195 Å². The van der Waals surface area contributed by atoms with Crippen molar-refractivity contribution in [3.05, 3.63) is 70.3 Å². The summed E-state index contributed by atoms with van der Waals surface area (Å²) in [6, 6.07) is 12.4. The topological polar surface area (TPSA) is 76.1 Å². The predicted octanol–water partition coefficient (Wildman–Crippen LogP) is 4.80. The maximum absolute atomic E-state index is 13.1. The number of amides is 1. The molecule has 0 spiro atoms. The van der Waals surface area contributed by atoms with Crippen LogP contribution in [0, 0.1) is 6.92 Å². The molecule has 0 unspecified atom stereocenters. The van der Waals surface area contributed by atoms with E-state index in [-0.39, 0.29) is 17.9 Å². The second-order valence-corrected chi connectivity index (χ2v) is 8.26. The van der Waals surface area contributed by atoms with Gasteiger partial charge in [-0.3, -0.25) is 9.59 Å².